The molecular weight excluding hydrogens is 313 g/mol. The van der Waals surface area contributed by atoms with Crippen LogP contribution in [-0.2, 0) is 4.79 Å². The molecule has 0 fully saturated rings. The molecule has 124 valence electrons. The lowest BCUT2D eigenvalue weighted by Crippen LogP contribution is -2.19. The molecule has 6 nitrogen and oxygen atoms in total. The van der Waals surface area contributed by atoms with Gasteiger partial charge >= 0.3 is 6.03 Å². The van der Waals surface area contributed by atoms with Crippen LogP contribution in [0.5, 0.6) is 5.75 Å². The van der Waals surface area contributed by atoms with Crippen LogP contribution in [0.1, 0.15) is 5.56 Å². The largest absolute Gasteiger partial charge is 0.494 e. The van der Waals surface area contributed by atoms with E-state index in [1.165, 1.54) is 31.4 Å². The number of nitrogens with one attached hydrogen (secondary N) is 2. The van der Waals surface area contributed by atoms with Crippen LogP contribution in [0.25, 0.3) is 6.08 Å². The number of amides is 3. The quantitative estimate of drug-likeness (QED) is 0.736. The van der Waals surface area contributed by atoms with Crippen molar-refractivity contribution in [2.24, 2.45) is 5.73 Å². The predicted octanol–water partition coefficient (Wildman–Crippen LogP) is 2.98. The summed E-state index contributed by atoms with van der Waals surface area (Å²) in [5.41, 5.74) is 6.50. The summed E-state index contributed by atoms with van der Waals surface area (Å²) >= 11 is 0. The highest BCUT2D eigenvalue weighted by Crippen LogP contribution is 2.19. The van der Waals surface area contributed by atoms with E-state index in [2.05, 4.69) is 10.6 Å². The Morgan fingerprint density at radius 2 is 1.83 bits per heavy atom. The van der Waals surface area contributed by atoms with Gasteiger partial charge in [0.1, 0.15) is 0 Å². The zero-order chi connectivity index (χ0) is 17.5. The molecule has 2 rings (SSSR count). The summed E-state index contributed by atoms with van der Waals surface area (Å²) in [6.07, 6.45) is 2.75. The standard InChI is InChI=1S/C17H16FN3O3/c1-24-15-7-5-11(9-14(15)18)6-8-16(22)20-12-3-2-4-13(10-12)21-17(19)23/h2-10H,1H3,(H,20,22)(H3,19,21,23)/b8-6+. The molecule has 0 atom stereocenters. The van der Waals surface area contributed by atoms with Gasteiger partial charge in [-0.05, 0) is 42.0 Å². The van der Waals surface area contributed by atoms with Crippen LogP contribution < -0.4 is 21.1 Å². The van der Waals surface area contributed by atoms with E-state index >= 15 is 0 Å². The second-order valence-electron chi connectivity index (χ2n) is 4.79. The summed E-state index contributed by atoms with van der Waals surface area (Å²) in [6, 6.07) is 10.2. The van der Waals surface area contributed by atoms with Crippen LogP contribution in [0.15, 0.2) is 48.5 Å². The van der Waals surface area contributed by atoms with Gasteiger partial charge < -0.3 is 21.1 Å². The van der Waals surface area contributed by atoms with Crippen LogP contribution in [0, 0.1) is 5.82 Å². The molecule has 0 aromatic heterocycles. The lowest BCUT2D eigenvalue weighted by atomic mass is 10.2. The van der Waals surface area contributed by atoms with Gasteiger partial charge in [-0.1, -0.05) is 12.1 Å². The zero-order valence-electron chi connectivity index (χ0n) is 12.9. The second-order valence-corrected chi connectivity index (χ2v) is 4.79. The Morgan fingerprint density at radius 3 is 2.46 bits per heavy atom. The van der Waals surface area contributed by atoms with Crippen molar-refractivity contribution in [1.82, 2.24) is 0 Å². The van der Waals surface area contributed by atoms with Gasteiger partial charge in [-0.15, -0.1) is 0 Å². The van der Waals surface area contributed by atoms with Crippen molar-refractivity contribution < 1.29 is 18.7 Å². The molecule has 2 aromatic rings. The van der Waals surface area contributed by atoms with E-state index in [1.54, 1.807) is 30.3 Å². The molecule has 0 bridgehead atoms. The maximum atomic E-state index is 13.6. The number of nitrogens with two attached hydrogens (primary N) is 1. The molecule has 0 heterocycles. The molecule has 0 aliphatic rings. The highest BCUT2D eigenvalue weighted by atomic mass is 19.1. The van der Waals surface area contributed by atoms with Gasteiger partial charge in [-0.3, -0.25) is 4.79 Å². The Kier molecular flexibility index (Phi) is 5.51. The van der Waals surface area contributed by atoms with Crippen LogP contribution >= 0.6 is 0 Å². The first kappa shape index (κ1) is 17.0. The summed E-state index contributed by atoms with van der Waals surface area (Å²) in [6.45, 7) is 0. The molecular formula is C17H16FN3O3. The SMILES string of the molecule is COc1ccc(/C=C/C(=O)Nc2cccc(NC(N)=O)c2)cc1F. The lowest BCUT2D eigenvalue weighted by molar-refractivity contribution is -0.111. The van der Waals surface area contributed by atoms with Crippen molar-refractivity contribution in [1.29, 1.82) is 0 Å². The van der Waals surface area contributed by atoms with Crippen molar-refractivity contribution in [3.8, 4) is 5.75 Å². The molecule has 0 radical (unpaired) electrons. The second kappa shape index (κ2) is 7.77. The number of hydrogen-bond donors (Lipinski definition) is 3. The Labute approximate surface area is 138 Å². The summed E-state index contributed by atoms with van der Waals surface area (Å²) in [5.74, 6) is -0.775. The van der Waals surface area contributed by atoms with Crippen LogP contribution in [0.2, 0.25) is 0 Å². The Hall–Kier alpha value is -3.35. The molecule has 0 unspecified atom stereocenters. The first-order valence-corrected chi connectivity index (χ1v) is 6.97. The van der Waals surface area contributed by atoms with Crippen molar-refractivity contribution in [3.63, 3.8) is 0 Å². The number of benzene rings is 2. The van der Waals surface area contributed by atoms with E-state index in [4.69, 9.17) is 10.5 Å². The van der Waals surface area contributed by atoms with Gasteiger partial charge in [0.2, 0.25) is 5.91 Å². The van der Waals surface area contributed by atoms with Crippen molar-refractivity contribution in [2.45, 2.75) is 0 Å². The monoisotopic (exact) mass is 329 g/mol. The number of halogens is 1. The minimum Gasteiger partial charge on any atom is -0.494 e. The minimum atomic E-state index is -0.695. The van der Waals surface area contributed by atoms with Crippen LogP contribution in [0.3, 0.4) is 0 Å². The highest BCUT2D eigenvalue weighted by molar-refractivity contribution is 6.02. The molecule has 0 aliphatic heterocycles. The Morgan fingerprint density at radius 1 is 1.12 bits per heavy atom. The first-order chi connectivity index (χ1) is 11.5. The van der Waals surface area contributed by atoms with E-state index < -0.39 is 17.8 Å². The molecule has 0 saturated carbocycles. The molecule has 0 aliphatic carbocycles. The van der Waals surface area contributed by atoms with Gasteiger partial charge in [-0.25, -0.2) is 9.18 Å². The third-order valence-electron chi connectivity index (χ3n) is 3.00. The van der Waals surface area contributed by atoms with Crippen LogP contribution in [-0.4, -0.2) is 19.0 Å². The number of urea groups is 1. The predicted molar refractivity (Wildman–Crippen MR) is 90.3 cm³/mol. The number of carbonyl (C=O) groups excluding carboxylic acids is 2. The summed E-state index contributed by atoms with van der Waals surface area (Å²) < 4.78 is 18.4. The van der Waals surface area contributed by atoms with Gasteiger partial charge in [0.25, 0.3) is 0 Å². The lowest BCUT2D eigenvalue weighted by Gasteiger charge is -2.06. The zero-order valence-corrected chi connectivity index (χ0v) is 12.9. The van der Waals surface area contributed by atoms with E-state index in [9.17, 15) is 14.0 Å². The summed E-state index contributed by atoms with van der Waals surface area (Å²) in [5, 5.41) is 5.04. The number of hydrogen-bond acceptors (Lipinski definition) is 3. The summed E-state index contributed by atoms with van der Waals surface area (Å²) in [4.78, 5) is 22.7. The van der Waals surface area contributed by atoms with Crippen molar-refractivity contribution >= 4 is 29.4 Å². The minimum absolute atomic E-state index is 0.135. The molecule has 24 heavy (non-hydrogen) atoms. The van der Waals surface area contributed by atoms with Crippen molar-refractivity contribution in [3.05, 3.63) is 59.9 Å². The normalized spacial score (nSPS) is 10.4. The molecule has 7 heteroatoms. The van der Waals surface area contributed by atoms with E-state index in [1.807, 2.05) is 0 Å². The van der Waals surface area contributed by atoms with E-state index in [0.29, 0.717) is 16.9 Å². The Balaban J connectivity index is 2.02. The molecule has 3 amide bonds. The van der Waals surface area contributed by atoms with E-state index in [-0.39, 0.29) is 5.75 Å². The number of ether oxygens (including phenoxy) is 1. The molecule has 0 saturated heterocycles. The van der Waals surface area contributed by atoms with Crippen LogP contribution in [0.4, 0.5) is 20.6 Å². The van der Waals surface area contributed by atoms with Gasteiger partial charge in [0, 0.05) is 17.5 Å². The first-order valence-electron chi connectivity index (χ1n) is 6.97. The van der Waals surface area contributed by atoms with Gasteiger partial charge in [0.15, 0.2) is 11.6 Å². The fourth-order valence-corrected chi connectivity index (χ4v) is 1.96. The fraction of sp³-hybridized carbons (Fsp3) is 0.0588. The number of rotatable bonds is 5. The average Bonchev–Trinajstić information content (AvgIpc) is 2.53. The third-order valence-corrected chi connectivity index (χ3v) is 3.00. The number of methoxy groups -OCH3 is 1. The number of primary amides is 1. The molecule has 2 aromatic carbocycles. The summed E-state index contributed by atoms with van der Waals surface area (Å²) in [7, 11) is 1.38. The average molecular weight is 329 g/mol. The van der Waals surface area contributed by atoms with Gasteiger partial charge in [-0.2, -0.15) is 0 Å². The van der Waals surface area contributed by atoms with Crippen molar-refractivity contribution in [2.75, 3.05) is 17.7 Å². The maximum Gasteiger partial charge on any atom is 0.316 e. The topological polar surface area (TPSA) is 93.4 Å². The van der Waals surface area contributed by atoms with Gasteiger partial charge in [0.05, 0.1) is 7.11 Å². The number of carbonyl (C=O) groups is 2. The smallest absolute Gasteiger partial charge is 0.316 e. The number of anilines is 2. The fourth-order valence-electron chi connectivity index (χ4n) is 1.96. The highest BCUT2D eigenvalue weighted by Gasteiger charge is 2.03. The third kappa shape index (κ3) is 4.84. The van der Waals surface area contributed by atoms with E-state index in [0.717, 1.165) is 0 Å². The molecule has 0 spiro atoms. The Bertz CT molecular complexity index is 790. The molecule has 4 N–H and O–H groups in total. The maximum absolute atomic E-state index is 13.6.